The molecule has 1 aliphatic rings. The van der Waals surface area contributed by atoms with Crippen molar-refractivity contribution in [3.8, 4) is 11.5 Å². The fraction of sp³-hybridized carbons (Fsp3) is 0.188. The third-order valence-corrected chi connectivity index (χ3v) is 3.51. The summed E-state index contributed by atoms with van der Waals surface area (Å²) in [6, 6.07) is 6.27. The zero-order chi connectivity index (χ0) is 17.3. The number of rotatable bonds is 4. The summed E-state index contributed by atoms with van der Waals surface area (Å²) in [6.45, 7) is 1.88. The Hall–Kier alpha value is -2.45. The second-order valence-electron chi connectivity index (χ2n) is 5.12. The fourth-order valence-corrected chi connectivity index (χ4v) is 2.38. The van der Waals surface area contributed by atoms with E-state index in [1.807, 2.05) is 0 Å². The number of carbonyl (C=O) groups is 1. The molecule has 5 nitrogen and oxygen atoms in total. The van der Waals surface area contributed by atoms with Crippen molar-refractivity contribution in [1.29, 1.82) is 0 Å². The number of halogens is 2. The van der Waals surface area contributed by atoms with E-state index in [1.54, 1.807) is 13.0 Å². The van der Waals surface area contributed by atoms with Crippen LogP contribution in [0.4, 0.5) is 8.78 Å². The van der Waals surface area contributed by atoms with Gasteiger partial charge in [-0.2, -0.15) is 0 Å². The first kappa shape index (κ1) is 16.4. The predicted octanol–water partition coefficient (Wildman–Crippen LogP) is 2.15. The number of hydrogen-bond acceptors (Lipinski definition) is 5. The number of fused-ring (bicyclic) bond motifs is 1. The maximum Gasteiger partial charge on any atom is 0.491 e. The van der Waals surface area contributed by atoms with Crippen LogP contribution in [-0.2, 0) is 16.0 Å². The Bertz CT molecular complexity index is 773. The van der Waals surface area contributed by atoms with E-state index in [2.05, 4.69) is 0 Å². The van der Waals surface area contributed by atoms with E-state index in [0.717, 1.165) is 12.1 Å². The van der Waals surface area contributed by atoms with E-state index in [4.69, 9.17) is 14.1 Å². The number of ether oxygens (including phenoxy) is 2. The number of benzene rings is 2. The molecule has 0 amide bonds. The maximum absolute atomic E-state index is 14.1. The zero-order valence-electron chi connectivity index (χ0n) is 12.7. The van der Waals surface area contributed by atoms with E-state index in [9.17, 15) is 18.6 Å². The van der Waals surface area contributed by atoms with Gasteiger partial charge in [-0.1, -0.05) is 6.07 Å². The van der Waals surface area contributed by atoms with Crippen LogP contribution in [0.15, 0.2) is 30.3 Å². The summed E-state index contributed by atoms with van der Waals surface area (Å²) in [6.07, 6.45) is 0. The van der Waals surface area contributed by atoms with Crippen molar-refractivity contribution in [2.45, 2.75) is 13.5 Å². The van der Waals surface area contributed by atoms with Crippen LogP contribution in [0, 0.1) is 11.6 Å². The van der Waals surface area contributed by atoms with Crippen molar-refractivity contribution in [2.24, 2.45) is 0 Å². The lowest BCUT2D eigenvalue weighted by Crippen LogP contribution is -2.27. The Kier molecular flexibility index (Phi) is 4.50. The van der Waals surface area contributed by atoms with E-state index < -0.39 is 30.5 Å². The second-order valence-corrected chi connectivity index (χ2v) is 5.12. The quantitative estimate of drug-likeness (QED) is 0.686. The second kappa shape index (κ2) is 6.58. The molecule has 0 saturated carbocycles. The van der Waals surface area contributed by atoms with Crippen LogP contribution in [-0.4, -0.2) is 24.7 Å². The standard InChI is InChI=1S/C16H13BF2O5/c1-2-22-16(20)9-6-13(18)15(14(19)7-9)24-11-3-4-12-10(5-11)8-23-17(12)21/h3-7,21H,2,8H2,1H3. The highest BCUT2D eigenvalue weighted by Crippen LogP contribution is 2.29. The minimum Gasteiger partial charge on any atom is -0.462 e. The van der Waals surface area contributed by atoms with Crippen LogP contribution in [0.1, 0.15) is 22.8 Å². The van der Waals surface area contributed by atoms with Crippen LogP contribution in [0.3, 0.4) is 0 Å². The Morgan fingerprint density at radius 1 is 1.29 bits per heavy atom. The van der Waals surface area contributed by atoms with Crippen molar-refractivity contribution >= 4 is 18.6 Å². The van der Waals surface area contributed by atoms with Gasteiger partial charge >= 0.3 is 13.1 Å². The molecule has 8 heteroatoms. The SMILES string of the molecule is CCOC(=O)c1cc(F)c(Oc2ccc3c(c2)COB3O)c(F)c1. The van der Waals surface area contributed by atoms with Gasteiger partial charge in [-0.25, -0.2) is 13.6 Å². The molecule has 0 aliphatic carbocycles. The molecule has 0 fully saturated rings. The molecule has 2 aromatic carbocycles. The molecular formula is C16H13BF2O5. The van der Waals surface area contributed by atoms with Crippen molar-refractivity contribution in [1.82, 2.24) is 0 Å². The smallest absolute Gasteiger partial charge is 0.462 e. The number of esters is 1. The normalized spacial score (nSPS) is 12.9. The topological polar surface area (TPSA) is 65.0 Å². The molecule has 0 bridgehead atoms. The van der Waals surface area contributed by atoms with Gasteiger partial charge in [-0.15, -0.1) is 0 Å². The number of hydrogen-bond donors (Lipinski definition) is 1. The van der Waals surface area contributed by atoms with Gasteiger partial charge in [0.2, 0.25) is 0 Å². The Morgan fingerprint density at radius 3 is 2.67 bits per heavy atom. The summed E-state index contributed by atoms with van der Waals surface area (Å²) < 4.78 is 43.2. The molecule has 1 aliphatic heterocycles. The largest absolute Gasteiger partial charge is 0.491 e. The monoisotopic (exact) mass is 334 g/mol. The van der Waals surface area contributed by atoms with Gasteiger partial charge < -0.3 is 19.2 Å². The average molecular weight is 334 g/mol. The van der Waals surface area contributed by atoms with Crippen molar-refractivity contribution in [2.75, 3.05) is 6.61 Å². The van der Waals surface area contributed by atoms with Gasteiger partial charge in [-0.3, -0.25) is 0 Å². The molecule has 124 valence electrons. The predicted molar refractivity (Wildman–Crippen MR) is 81.2 cm³/mol. The molecule has 0 atom stereocenters. The zero-order valence-corrected chi connectivity index (χ0v) is 12.7. The molecule has 0 radical (unpaired) electrons. The van der Waals surface area contributed by atoms with E-state index >= 15 is 0 Å². The van der Waals surface area contributed by atoms with Gasteiger partial charge in [0, 0.05) is 0 Å². The molecule has 1 N–H and O–H groups in total. The third-order valence-electron chi connectivity index (χ3n) is 3.51. The van der Waals surface area contributed by atoms with Gasteiger partial charge in [0.25, 0.3) is 0 Å². The van der Waals surface area contributed by atoms with Crippen LogP contribution >= 0.6 is 0 Å². The van der Waals surface area contributed by atoms with Gasteiger partial charge in [0.15, 0.2) is 17.4 Å². The highest BCUT2D eigenvalue weighted by Gasteiger charge is 2.27. The van der Waals surface area contributed by atoms with Crippen LogP contribution < -0.4 is 10.2 Å². The lowest BCUT2D eigenvalue weighted by molar-refractivity contribution is 0.0525. The van der Waals surface area contributed by atoms with Crippen LogP contribution in [0.25, 0.3) is 0 Å². The van der Waals surface area contributed by atoms with E-state index in [0.29, 0.717) is 11.0 Å². The van der Waals surface area contributed by atoms with Gasteiger partial charge in [0.1, 0.15) is 5.75 Å². The Labute approximate surface area is 136 Å². The van der Waals surface area contributed by atoms with Gasteiger partial charge in [0.05, 0.1) is 18.8 Å². The highest BCUT2D eigenvalue weighted by atomic mass is 19.1. The first-order valence-electron chi connectivity index (χ1n) is 7.26. The Morgan fingerprint density at radius 2 is 2.00 bits per heavy atom. The molecule has 0 saturated heterocycles. The van der Waals surface area contributed by atoms with E-state index in [1.165, 1.54) is 12.1 Å². The lowest BCUT2D eigenvalue weighted by Gasteiger charge is -2.10. The van der Waals surface area contributed by atoms with E-state index in [-0.39, 0.29) is 24.5 Å². The Balaban J connectivity index is 1.87. The maximum atomic E-state index is 14.1. The highest BCUT2D eigenvalue weighted by molar-refractivity contribution is 6.61. The van der Waals surface area contributed by atoms with Crippen LogP contribution in [0.2, 0.25) is 0 Å². The summed E-state index contributed by atoms with van der Waals surface area (Å²) in [7, 11) is -1.01. The first-order chi connectivity index (χ1) is 11.5. The van der Waals surface area contributed by atoms with Gasteiger partial charge in [-0.05, 0) is 42.2 Å². The first-order valence-corrected chi connectivity index (χ1v) is 7.26. The summed E-state index contributed by atoms with van der Waals surface area (Å²) in [5.74, 6) is -3.29. The molecule has 1 heterocycles. The van der Waals surface area contributed by atoms with Crippen molar-refractivity contribution in [3.05, 3.63) is 53.1 Å². The molecule has 0 unspecified atom stereocenters. The minimum absolute atomic E-state index is 0.101. The molecule has 0 spiro atoms. The fourth-order valence-electron chi connectivity index (χ4n) is 2.38. The molecule has 0 aromatic heterocycles. The van der Waals surface area contributed by atoms with Crippen molar-refractivity contribution in [3.63, 3.8) is 0 Å². The lowest BCUT2D eigenvalue weighted by atomic mass is 9.80. The third kappa shape index (κ3) is 3.11. The summed E-state index contributed by atoms with van der Waals surface area (Å²) >= 11 is 0. The van der Waals surface area contributed by atoms with Crippen LogP contribution in [0.5, 0.6) is 11.5 Å². The number of carbonyl (C=O) groups excluding carboxylic acids is 1. The summed E-state index contributed by atoms with van der Waals surface area (Å²) in [5, 5.41) is 9.55. The summed E-state index contributed by atoms with van der Waals surface area (Å²) in [5.41, 5.74) is 1.02. The van der Waals surface area contributed by atoms with Crippen molar-refractivity contribution < 1.29 is 32.7 Å². The minimum atomic E-state index is -1.02. The average Bonchev–Trinajstić information content (AvgIpc) is 2.91. The molecule has 2 aromatic rings. The molecule has 3 rings (SSSR count). The molecular weight excluding hydrogens is 321 g/mol. The summed E-state index contributed by atoms with van der Waals surface area (Å²) in [4.78, 5) is 11.5. The molecule has 24 heavy (non-hydrogen) atoms.